The van der Waals surface area contributed by atoms with Crippen LogP contribution in [-0.4, -0.2) is 17.6 Å². The Bertz CT molecular complexity index is 1290. The summed E-state index contributed by atoms with van der Waals surface area (Å²) < 4.78 is 7.26. The number of carbonyl (C=O) groups excluding carboxylic acids is 1. The lowest BCUT2D eigenvalue weighted by Gasteiger charge is -2.24. The molecular weight excluding hydrogens is 416 g/mol. The van der Waals surface area contributed by atoms with Gasteiger partial charge in [0.2, 0.25) is 0 Å². The minimum atomic E-state index is -0.569. The van der Waals surface area contributed by atoms with Gasteiger partial charge < -0.3 is 4.74 Å². The third-order valence-electron chi connectivity index (χ3n) is 5.16. The van der Waals surface area contributed by atoms with Crippen LogP contribution in [0.2, 0.25) is 0 Å². The van der Waals surface area contributed by atoms with Gasteiger partial charge in [-0.05, 0) is 41.5 Å². The number of allylic oxidation sites excluding steroid dienone is 1. The van der Waals surface area contributed by atoms with Gasteiger partial charge in [0.15, 0.2) is 4.80 Å². The van der Waals surface area contributed by atoms with Crippen molar-refractivity contribution in [1.82, 2.24) is 4.57 Å². The number of methoxy groups -OCH3 is 1. The summed E-state index contributed by atoms with van der Waals surface area (Å²) in [7, 11) is 1.35. The predicted octanol–water partition coefficient (Wildman–Crippen LogP) is 3.59. The Kier molecular flexibility index (Phi) is 5.58. The quantitative estimate of drug-likeness (QED) is 0.585. The third-order valence-corrected chi connectivity index (χ3v) is 6.96. The Balaban J connectivity index is 1.95. The summed E-state index contributed by atoms with van der Waals surface area (Å²) in [5.74, 6) is -0.0779. The zero-order valence-corrected chi connectivity index (χ0v) is 18.8. The summed E-state index contributed by atoms with van der Waals surface area (Å²) in [6.45, 7) is 6.05. The van der Waals surface area contributed by atoms with Crippen LogP contribution >= 0.6 is 22.7 Å². The van der Waals surface area contributed by atoms with Gasteiger partial charge in [0.1, 0.15) is 0 Å². The Hall–Kier alpha value is -2.77. The highest BCUT2D eigenvalue weighted by atomic mass is 32.1. The van der Waals surface area contributed by atoms with E-state index in [0.29, 0.717) is 26.5 Å². The molecule has 3 aromatic rings. The van der Waals surface area contributed by atoms with Crippen LogP contribution in [0, 0.1) is 0 Å². The molecule has 1 aromatic carbocycles. The molecule has 4 rings (SSSR count). The van der Waals surface area contributed by atoms with E-state index in [0.717, 1.165) is 10.4 Å². The standard InChI is InChI=1S/C23H22N2O3S2/c1-13(2)15-7-9-16(10-8-15)20-19(22(27)28-4)14(3)24-23-25(20)21(26)18(30-23)12-17-6-5-11-29-17/h5-13,20H,1-4H3/b18-12-/t20-/m0/s1. The van der Waals surface area contributed by atoms with Gasteiger partial charge in [-0.1, -0.05) is 55.5 Å². The Morgan fingerprint density at radius 1 is 1.23 bits per heavy atom. The maximum atomic E-state index is 13.4. The van der Waals surface area contributed by atoms with Gasteiger partial charge in [-0.2, -0.15) is 0 Å². The molecule has 0 unspecified atom stereocenters. The topological polar surface area (TPSA) is 60.7 Å². The molecule has 3 heterocycles. The van der Waals surface area contributed by atoms with Crippen LogP contribution in [-0.2, 0) is 9.53 Å². The van der Waals surface area contributed by atoms with Crippen molar-refractivity contribution in [3.63, 3.8) is 0 Å². The smallest absolute Gasteiger partial charge is 0.338 e. The van der Waals surface area contributed by atoms with E-state index in [1.165, 1.54) is 24.0 Å². The van der Waals surface area contributed by atoms with Crippen molar-refractivity contribution in [1.29, 1.82) is 0 Å². The minimum Gasteiger partial charge on any atom is -0.466 e. The van der Waals surface area contributed by atoms with Crippen LogP contribution in [0.5, 0.6) is 0 Å². The fourth-order valence-corrected chi connectivity index (χ4v) is 5.34. The summed E-state index contributed by atoms with van der Waals surface area (Å²) in [5.41, 5.74) is 2.87. The van der Waals surface area contributed by atoms with Crippen LogP contribution in [0.4, 0.5) is 0 Å². The van der Waals surface area contributed by atoms with Crippen molar-refractivity contribution < 1.29 is 9.53 Å². The van der Waals surface area contributed by atoms with Gasteiger partial charge >= 0.3 is 5.97 Å². The van der Waals surface area contributed by atoms with E-state index < -0.39 is 12.0 Å². The fourth-order valence-electron chi connectivity index (χ4n) is 3.57. The second-order valence-corrected chi connectivity index (χ2v) is 9.40. The number of aromatic nitrogens is 1. The van der Waals surface area contributed by atoms with E-state index in [4.69, 9.17) is 4.74 Å². The van der Waals surface area contributed by atoms with Crippen molar-refractivity contribution >= 4 is 34.7 Å². The highest BCUT2D eigenvalue weighted by Crippen LogP contribution is 2.31. The molecule has 2 aromatic heterocycles. The summed E-state index contributed by atoms with van der Waals surface area (Å²) in [6.07, 6.45) is 1.88. The summed E-state index contributed by atoms with van der Waals surface area (Å²) in [5, 5.41) is 1.97. The molecule has 7 heteroatoms. The first-order valence-corrected chi connectivity index (χ1v) is 11.3. The van der Waals surface area contributed by atoms with Crippen LogP contribution in [0.3, 0.4) is 0 Å². The van der Waals surface area contributed by atoms with Crippen molar-refractivity contribution in [3.05, 3.63) is 88.7 Å². The molecule has 0 bridgehead atoms. The number of rotatable bonds is 4. The molecule has 1 atom stereocenters. The van der Waals surface area contributed by atoms with Crippen LogP contribution in [0.1, 0.15) is 48.7 Å². The Labute approximate surface area is 182 Å². The molecule has 1 aliphatic heterocycles. The third kappa shape index (κ3) is 3.59. The second-order valence-electron chi connectivity index (χ2n) is 7.41. The van der Waals surface area contributed by atoms with E-state index in [-0.39, 0.29) is 5.56 Å². The van der Waals surface area contributed by atoms with Crippen LogP contribution in [0.25, 0.3) is 6.08 Å². The van der Waals surface area contributed by atoms with Gasteiger partial charge in [0.25, 0.3) is 5.56 Å². The first kappa shape index (κ1) is 20.5. The molecule has 0 radical (unpaired) electrons. The van der Waals surface area contributed by atoms with Gasteiger partial charge in [-0.15, -0.1) is 11.3 Å². The monoisotopic (exact) mass is 438 g/mol. The van der Waals surface area contributed by atoms with Crippen LogP contribution < -0.4 is 14.9 Å². The zero-order valence-electron chi connectivity index (χ0n) is 17.2. The number of hydrogen-bond acceptors (Lipinski definition) is 6. The number of fused-ring (bicyclic) bond motifs is 1. The average Bonchev–Trinajstić information content (AvgIpc) is 3.35. The van der Waals surface area contributed by atoms with Crippen LogP contribution in [0.15, 0.2) is 62.8 Å². The second kappa shape index (κ2) is 8.16. The number of thiophene rings is 1. The maximum Gasteiger partial charge on any atom is 0.338 e. The normalized spacial score (nSPS) is 16.6. The van der Waals surface area contributed by atoms with E-state index in [2.05, 4.69) is 18.8 Å². The number of benzene rings is 1. The SMILES string of the molecule is COC(=O)C1=C(C)N=c2s/c(=C\c3cccs3)c(=O)n2[C@H]1c1ccc(C(C)C)cc1. The molecule has 0 fully saturated rings. The number of nitrogens with zero attached hydrogens (tertiary/aromatic N) is 2. The highest BCUT2D eigenvalue weighted by molar-refractivity contribution is 7.11. The lowest BCUT2D eigenvalue weighted by atomic mass is 9.93. The van der Waals surface area contributed by atoms with E-state index in [1.807, 2.05) is 47.9 Å². The molecule has 0 aliphatic carbocycles. The summed E-state index contributed by atoms with van der Waals surface area (Å²) in [6, 6.07) is 11.4. The lowest BCUT2D eigenvalue weighted by Crippen LogP contribution is -2.39. The molecule has 0 spiro atoms. The fraction of sp³-hybridized carbons (Fsp3) is 0.261. The van der Waals surface area contributed by atoms with Crippen molar-refractivity contribution in [2.75, 3.05) is 7.11 Å². The van der Waals surface area contributed by atoms with Gasteiger partial charge in [-0.3, -0.25) is 9.36 Å². The van der Waals surface area contributed by atoms with Gasteiger partial charge in [0.05, 0.1) is 29.0 Å². The molecule has 30 heavy (non-hydrogen) atoms. The molecule has 5 nitrogen and oxygen atoms in total. The molecule has 154 valence electrons. The lowest BCUT2D eigenvalue weighted by molar-refractivity contribution is -0.136. The van der Waals surface area contributed by atoms with Crippen molar-refractivity contribution in [3.8, 4) is 0 Å². The molecule has 0 saturated heterocycles. The van der Waals surface area contributed by atoms with E-state index >= 15 is 0 Å². The first-order valence-electron chi connectivity index (χ1n) is 9.65. The maximum absolute atomic E-state index is 13.4. The van der Waals surface area contributed by atoms with Gasteiger partial charge in [-0.25, -0.2) is 9.79 Å². The molecular formula is C23H22N2O3S2. The Morgan fingerprint density at radius 2 is 1.97 bits per heavy atom. The largest absolute Gasteiger partial charge is 0.466 e. The average molecular weight is 439 g/mol. The van der Waals surface area contributed by atoms with Crippen molar-refractivity contribution in [2.24, 2.45) is 4.99 Å². The van der Waals surface area contributed by atoms with Crippen molar-refractivity contribution in [2.45, 2.75) is 32.7 Å². The summed E-state index contributed by atoms with van der Waals surface area (Å²) >= 11 is 2.91. The molecule has 0 saturated carbocycles. The predicted molar refractivity (Wildman–Crippen MR) is 121 cm³/mol. The Morgan fingerprint density at radius 3 is 2.57 bits per heavy atom. The van der Waals surface area contributed by atoms with E-state index in [9.17, 15) is 9.59 Å². The number of esters is 1. The number of carbonyl (C=O) groups is 1. The molecule has 0 N–H and O–H groups in total. The first-order chi connectivity index (χ1) is 14.4. The van der Waals surface area contributed by atoms with E-state index in [1.54, 1.807) is 22.8 Å². The molecule has 0 amide bonds. The van der Waals surface area contributed by atoms with Gasteiger partial charge in [0, 0.05) is 4.88 Å². The number of hydrogen-bond donors (Lipinski definition) is 0. The zero-order chi connectivity index (χ0) is 21.4. The number of thiazole rings is 1. The highest BCUT2D eigenvalue weighted by Gasteiger charge is 2.33. The summed E-state index contributed by atoms with van der Waals surface area (Å²) in [4.78, 5) is 32.2. The minimum absolute atomic E-state index is 0.154. The molecule has 1 aliphatic rings. The number of ether oxygens (including phenoxy) is 1.